The van der Waals surface area contributed by atoms with Crippen LogP contribution in [0.3, 0.4) is 0 Å². The van der Waals surface area contributed by atoms with E-state index >= 15 is 0 Å². The Kier molecular flexibility index (Phi) is 4.99. The maximum atomic E-state index is 10.6. The molecular weight excluding hydrogens is 244 g/mol. The first-order chi connectivity index (χ1) is 9.20. The van der Waals surface area contributed by atoms with Gasteiger partial charge in [0.05, 0.1) is 18.7 Å². The molecule has 0 aliphatic carbocycles. The minimum atomic E-state index is -0.718. The van der Waals surface area contributed by atoms with Crippen LogP contribution in [0.4, 0.5) is 0 Å². The van der Waals surface area contributed by atoms with Crippen molar-refractivity contribution in [3.05, 3.63) is 24.2 Å². The molecule has 1 N–H and O–H groups in total. The number of hydrogen-bond acceptors (Lipinski definition) is 4. The largest absolute Gasteiger partial charge is 0.481 e. The Labute approximate surface area is 113 Å². The number of carboxylic acid groups (broad SMARTS) is 1. The van der Waals surface area contributed by atoms with E-state index in [2.05, 4.69) is 16.7 Å². The predicted molar refractivity (Wildman–Crippen MR) is 72.0 cm³/mol. The van der Waals surface area contributed by atoms with E-state index in [0.29, 0.717) is 12.6 Å². The fourth-order valence-corrected chi connectivity index (χ4v) is 2.67. The summed E-state index contributed by atoms with van der Waals surface area (Å²) in [5.41, 5.74) is 0. The van der Waals surface area contributed by atoms with Gasteiger partial charge in [0.15, 0.2) is 0 Å². The van der Waals surface area contributed by atoms with Crippen molar-refractivity contribution in [1.29, 1.82) is 0 Å². The molecule has 1 unspecified atom stereocenters. The van der Waals surface area contributed by atoms with E-state index in [0.717, 1.165) is 38.4 Å². The Morgan fingerprint density at radius 1 is 1.42 bits per heavy atom. The van der Waals surface area contributed by atoms with Crippen LogP contribution < -0.4 is 0 Å². The van der Waals surface area contributed by atoms with Crippen molar-refractivity contribution in [2.45, 2.75) is 25.8 Å². The fourth-order valence-electron chi connectivity index (χ4n) is 2.67. The molecule has 0 bridgehead atoms. The molecule has 2 heterocycles. The third-order valence-corrected chi connectivity index (χ3v) is 3.75. The second-order valence-electron chi connectivity index (χ2n) is 4.96. The lowest BCUT2D eigenvalue weighted by molar-refractivity contribution is -0.137. The van der Waals surface area contributed by atoms with E-state index in [-0.39, 0.29) is 6.42 Å². The van der Waals surface area contributed by atoms with Crippen LogP contribution in [0.1, 0.15) is 31.6 Å². The van der Waals surface area contributed by atoms with Crippen LogP contribution in [-0.2, 0) is 4.79 Å². The Hall–Kier alpha value is -1.33. The zero-order valence-corrected chi connectivity index (χ0v) is 11.4. The van der Waals surface area contributed by atoms with Gasteiger partial charge in [-0.3, -0.25) is 9.69 Å². The van der Waals surface area contributed by atoms with E-state index in [1.807, 2.05) is 12.1 Å². The van der Waals surface area contributed by atoms with Gasteiger partial charge < -0.3 is 14.4 Å². The molecule has 1 saturated heterocycles. The average Bonchev–Trinajstić information content (AvgIpc) is 2.92. The Bertz CT molecular complexity index is 383. The number of hydrogen-bond donors (Lipinski definition) is 1. The highest BCUT2D eigenvalue weighted by Crippen LogP contribution is 2.25. The van der Waals surface area contributed by atoms with Gasteiger partial charge in [0.1, 0.15) is 5.76 Å². The quantitative estimate of drug-likeness (QED) is 0.851. The van der Waals surface area contributed by atoms with Crippen LogP contribution in [-0.4, -0.2) is 53.6 Å². The molecule has 0 radical (unpaired) electrons. The van der Waals surface area contributed by atoms with Crippen LogP contribution in [0, 0.1) is 0 Å². The van der Waals surface area contributed by atoms with E-state index < -0.39 is 5.97 Å². The van der Waals surface area contributed by atoms with Crippen molar-refractivity contribution < 1.29 is 14.3 Å². The molecule has 1 fully saturated rings. The highest BCUT2D eigenvalue weighted by atomic mass is 16.4. The smallest absolute Gasteiger partial charge is 0.304 e. The van der Waals surface area contributed by atoms with Crippen molar-refractivity contribution >= 4 is 5.97 Å². The summed E-state index contributed by atoms with van der Waals surface area (Å²) in [5.74, 6) is 0.311. The Morgan fingerprint density at radius 2 is 2.16 bits per heavy atom. The van der Waals surface area contributed by atoms with E-state index in [4.69, 9.17) is 9.52 Å². The zero-order chi connectivity index (χ0) is 13.7. The maximum Gasteiger partial charge on any atom is 0.304 e. The lowest BCUT2D eigenvalue weighted by atomic mass is 10.1. The van der Waals surface area contributed by atoms with Crippen molar-refractivity contribution in [1.82, 2.24) is 9.80 Å². The Balaban J connectivity index is 1.83. The van der Waals surface area contributed by atoms with Crippen LogP contribution >= 0.6 is 0 Å². The second-order valence-corrected chi connectivity index (χ2v) is 4.96. The summed E-state index contributed by atoms with van der Waals surface area (Å²) in [6.45, 7) is 6.64. The van der Waals surface area contributed by atoms with E-state index in [9.17, 15) is 4.79 Å². The van der Waals surface area contributed by atoms with Gasteiger partial charge in [-0.2, -0.15) is 0 Å². The summed E-state index contributed by atoms with van der Waals surface area (Å²) < 4.78 is 5.51. The molecule has 106 valence electrons. The van der Waals surface area contributed by atoms with Crippen LogP contribution in [0.15, 0.2) is 22.8 Å². The van der Waals surface area contributed by atoms with E-state index in [1.54, 1.807) is 6.26 Å². The van der Waals surface area contributed by atoms with Crippen LogP contribution in [0.2, 0.25) is 0 Å². The third-order valence-electron chi connectivity index (χ3n) is 3.75. The molecule has 5 heteroatoms. The minimum Gasteiger partial charge on any atom is -0.481 e. The van der Waals surface area contributed by atoms with Gasteiger partial charge >= 0.3 is 5.97 Å². The average molecular weight is 266 g/mol. The first-order valence-electron chi connectivity index (χ1n) is 6.92. The zero-order valence-electron chi connectivity index (χ0n) is 11.4. The molecule has 19 heavy (non-hydrogen) atoms. The van der Waals surface area contributed by atoms with Crippen LogP contribution in [0.25, 0.3) is 0 Å². The van der Waals surface area contributed by atoms with Gasteiger partial charge in [-0.1, -0.05) is 6.92 Å². The van der Waals surface area contributed by atoms with Gasteiger partial charge in [0.2, 0.25) is 0 Å². The summed E-state index contributed by atoms with van der Waals surface area (Å²) >= 11 is 0. The number of rotatable bonds is 6. The first kappa shape index (κ1) is 14.1. The van der Waals surface area contributed by atoms with Crippen molar-refractivity contribution in [2.75, 3.05) is 32.7 Å². The number of piperazine rings is 1. The SMILES string of the molecule is CCC(c1ccco1)N1CCN(CCC(=O)O)CC1. The minimum absolute atomic E-state index is 0.232. The van der Waals surface area contributed by atoms with Gasteiger partial charge in [-0.15, -0.1) is 0 Å². The molecule has 1 aliphatic heterocycles. The summed E-state index contributed by atoms with van der Waals surface area (Å²) in [6, 6.07) is 4.31. The highest BCUT2D eigenvalue weighted by molar-refractivity contribution is 5.66. The summed E-state index contributed by atoms with van der Waals surface area (Å²) in [5, 5.41) is 8.70. The molecule has 0 amide bonds. The van der Waals surface area contributed by atoms with Gasteiger partial charge in [-0.25, -0.2) is 0 Å². The molecule has 5 nitrogen and oxygen atoms in total. The number of furan rings is 1. The molecular formula is C14H22N2O3. The summed E-state index contributed by atoms with van der Waals surface area (Å²) in [7, 11) is 0. The normalized spacial score (nSPS) is 19.4. The van der Waals surface area contributed by atoms with Crippen molar-refractivity contribution in [3.8, 4) is 0 Å². The third kappa shape index (κ3) is 3.81. The first-order valence-corrected chi connectivity index (χ1v) is 6.92. The standard InChI is InChI=1S/C14H22N2O3/c1-2-12(13-4-3-11-19-13)16-9-7-15(8-10-16)6-5-14(17)18/h3-4,11-12H,2,5-10H2,1H3,(H,17,18). The molecule has 1 atom stereocenters. The highest BCUT2D eigenvalue weighted by Gasteiger charge is 2.25. The predicted octanol–water partition coefficient (Wildman–Crippen LogP) is 1.82. The topological polar surface area (TPSA) is 56.9 Å². The number of nitrogens with zero attached hydrogens (tertiary/aromatic N) is 2. The molecule has 0 aromatic carbocycles. The fraction of sp³-hybridized carbons (Fsp3) is 0.643. The second kappa shape index (κ2) is 6.73. The molecule has 0 saturated carbocycles. The monoisotopic (exact) mass is 266 g/mol. The number of carbonyl (C=O) groups is 1. The molecule has 2 rings (SSSR count). The molecule has 1 aliphatic rings. The lowest BCUT2D eigenvalue weighted by Crippen LogP contribution is -2.47. The molecule has 0 spiro atoms. The van der Waals surface area contributed by atoms with Crippen LogP contribution in [0.5, 0.6) is 0 Å². The Morgan fingerprint density at radius 3 is 2.68 bits per heavy atom. The van der Waals surface area contributed by atoms with Gasteiger partial charge in [-0.05, 0) is 18.6 Å². The summed E-state index contributed by atoms with van der Waals surface area (Å²) in [6.07, 6.45) is 2.99. The van der Waals surface area contributed by atoms with E-state index in [1.165, 1.54) is 0 Å². The molecule has 1 aromatic heterocycles. The van der Waals surface area contributed by atoms with Crippen molar-refractivity contribution in [3.63, 3.8) is 0 Å². The number of carboxylic acids is 1. The van der Waals surface area contributed by atoms with Crippen molar-refractivity contribution in [2.24, 2.45) is 0 Å². The van der Waals surface area contributed by atoms with Gasteiger partial charge in [0.25, 0.3) is 0 Å². The summed E-state index contributed by atoms with van der Waals surface area (Å²) in [4.78, 5) is 15.2. The molecule has 1 aromatic rings. The maximum absolute atomic E-state index is 10.6. The van der Waals surface area contributed by atoms with Gasteiger partial charge in [0, 0.05) is 32.7 Å². The lowest BCUT2D eigenvalue weighted by Gasteiger charge is -2.38. The number of aliphatic carboxylic acids is 1.